The maximum atomic E-state index is 11.7. The molecule has 1 amide bonds. The highest BCUT2D eigenvalue weighted by molar-refractivity contribution is 5.78. The van der Waals surface area contributed by atoms with Crippen molar-refractivity contribution in [2.24, 2.45) is 11.8 Å². The van der Waals surface area contributed by atoms with Crippen LogP contribution in [-0.4, -0.2) is 38.8 Å². The van der Waals surface area contributed by atoms with E-state index in [0.717, 1.165) is 38.5 Å². The van der Waals surface area contributed by atoms with Crippen molar-refractivity contribution >= 4 is 5.91 Å². The first-order chi connectivity index (χ1) is 7.86. The van der Waals surface area contributed by atoms with Crippen molar-refractivity contribution in [1.82, 2.24) is 10.6 Å². The Bertz CT molecular complexity index is 223. The van der Waals surface area contributed by atoms with E-state index in [-0.39, 0.29) is 11.8 Å². The van der Waals surface area contributed by atoms with Gasteiger partial charge in [-0.15, -0.1) is 0 Å². The predicted octanol–water partition coefficient (Wildman–Crippen LogP) is 0.529. The molecule has 0 aromatic heterocycles. The van der Waals surface area contributed by atoms with Crippen LogP contribution in [0.25, 0.3) is 0 Å². The van der Waals surface area contributed by atoms with E-state index in [2.05, 4.69) is 10.6 Å². The van der Waals surface area contributed by atoms with E-state index >= 15 is 0 Å². The summed E-state index contributed by atoms with van der Waals surface area (Å²) in [5.74, 6) is 1.15. The smallest absolute Gasteiger partial charge is 0.224 e. The van der Waals surface area contributed by atoms with E-state index in [1.807, 2.05) is 0 Å². The Morgan fingerprint density at radius 3 is 2.94 bits per heavy atom. The van der Waals surface area contributed by atoms with Gasteiger partial charge in [-0.05, 0) is 38.1 Å². The summed E-state index contributed by atoms with van der Waals surface area (Å²) >= 11 is 0. The topological polar surface area (TPSA) is 50.4 Å². The van der Waals surface area contributed by atoms with Gasteiger partial charge in [0, 0.05) is 19.7 Å². The molecule has 1 saturated carbocycles. The lowest BCUT2D eigenvalue weighted by atomic mass is 9.99. The molecule has 16 heavy (non-hydrogen) atoms. The average Bonchev–Trinajstić information content (AvgIpc) is 3.13. The first-order valence-electron chi connectivity index (χ1n) is 6.42. The van der Waals surface area contributed by atoms with E-state index in [1.165, 1.54) is 12.8 Å². The summed E-state index contributed by atoms with van der Waals surface area (Å²) in [5.41, 5.74) is 0. The highest BCUT2D eigenvalue weighted by atomic mass is 16.5. The summed E-state index contributed by atoms with van der Waals surface area (Å²) in [6, 6.07) is 0. The number of ether oxygens (including phenoxy) is 1. The van der Waals surface area contributed by atoms with Crippen LogP contribution in [0.5, 0.6) is 0 Å². The van der Waals surface area contributed by atoms with Gasteiger partial charge in [0.25, 0.3) is 0 Å². The fourth-order valence-corrected chi connectivity index (χ4v) is 2.00. The Hall–Kier alpha value is -0.610. The average molecular weight is 226 g/mol. The number of carbonyl (C=O) groups excluding carboxylic acids is 1. The Balaban J connectivity index is 1.48. The number of rotatable bonds is 6. The second kappa shape index (κ2) is 6.21. The van der Waals surface area contributed by atoms with Gasteiger partial charge in [-0.3, -0.25) is 4.79 Å². The molecular formula is C12H22N2O2. The third-order valence-corrected chi connectivity index (χ3v) is 3.26. The van der Waals surface area contributed by atoms with Gasteiger partial charge in [-0.25, -0.2) is 0 Å². The molecule has 4 nitrogen and oxygen atoms in total. The van der Waals surface area contributed by atoms with E-state index in [0.29, 0.717) is 13.2 Å². The zero-order valence-electron chi connectivity index (χ0n) is 9.84. The summed E-state index contributed by atoms with van der Waals surface area (Å²) in [6.45, 7) is 4.06. The number of hydrogen-bond acceptors (Lipinski definition) is 3. The molecule has 1 unspecified atom stereocenters. The van der Waals surface area contributed by atoms with Crippen molar-refractivity contribution in [3.05, 3.63) is 0 Å². The van der Waals surface area contributed by atoms with Crippen LogP contribution in [0.1, 0.15) is 25.7 Å². The maximum absolute atomic E-state index is 11.7. The van der Waals surface area contributed by atoms with Crippen molar-refractivity contribution in [3.8, 4) is 0 Å². The van der Waals surface area contributed by atoms with Crippen LogP contribution in [0.2, 0.25) is 0 Å². The van der Waals surface area contributed by atoms with Gasteiger partial charge in [-0.1, -0.05) is 0 Å². The van der Waals surface area contributed by atoms with Gasteiger partial charge in [0.15, 0.2) is 0 Å². The molecule has 2 fully saturated rings. The van der Waals surface area contributed by atoms with Gasteiger partial charge in [0.2, 0.25) is 5.91 Å². The van der Waals surface area contributed by atoms with E-state index in [1.54, 1.807) is 0 Å². The van der Waals surface area contributed by atoms with Crippen LogP contribution in [0.15, 0.2) is 0 Å². The SMILES string of the molecule is O=C(NCCOCC1CC1)C1CCCNC1. The summed E-state index contributed by atoms with van der Waals surface area (Å²) in [4.78, 5) is 11.7. The zero-order chi connectivity index (χ0) is 11.2. The number of piperidine rings is 1. The Labute approximate surface area is 97.1 Å². The lowest BCUT2D eigenvalue weighted by Crippen LogP contribution is -2.41. The highest BCUT2D eigenvalue weighted by Crippen LogP contribution is 2.28. The largest absolute Gasteiger partial charge is 0.379 e. The van der Waals surface area contributed by atoms with E-state index < -0.39 is 0 Å². The third-order valence-electron chi connectivity index (χ3n) is 3.26. The molecule has 4 heteroatoms. The van der Waals surface area contributed by atoms with Gasteiger partial charge in [-0.2, -0.15) is 0 Å². The van der Waals surface area contributed by atoms with Gasteiger partial charge >= 0.3 is 0 Å². The van der Waals surface area contributed by atoms with Crippen molar-refractivity contribution in [2.75, 3.05) is 32.8 Å². The standard InChI is InChI=1S/C12H22N2O2/c15-12(11-2-1-5-13-8-11)14-6-7-16-9-10-3-4-10/h10-11,13H,1-9H2,(H,14,15). The van der Waals surface area contributed by atoms with Crippen LogP contribution in [0.3, 0.4) is 0 Å². The molecule has 92 valence electrons. The first-order valence-corrected chi connectivity index (χ1v) is 6.42. The number of amides is 1. The van der Waals surface area contributed by atoms with Crippen molar-refractivity contribution in [3.63, 3.8) is 0 Å². The minimum atomic E-state index is 0.164. The molecular weight excluding hydrogens is 204 g/mol. The molecule has 1 saturated heterocycles. The number of hydrogen-bond donors (Lipinski definition) is 2. The van der Waals surface area contributed by atoms with Crippen LogP contribution >= 0.6 is 0 Å². The minimum Gasteiger partial charge on any atom is -0.379 e. The molecule has 1 atom stereocenters. The molecule has 2 N–H and O–H groups in total. The summed E-state index contributed by atoms with van der Waals surface area (Å²) in [6.07, 6.45) is 4.76. The molecule has 1 aliphatic heterocycles. The summed E-state index contributed by atoms with van der Waals surface area (Å²) in [5, 5.41) is 6.19. The fraction of sp³-hybridized carbons (Fsp3) is 0.917. The summed E-state index contributed by atoms with van der Waals surface area (Å²) in [7, 11) is 0. The molecule has 1 aliphatic carbocycles. The van der Waals surface area contributed by atoms with Crippen LogP contribution in [-0.2, 0) is 9.53 Å². The summed E-state index contributed by atoms with van der Waals surface area (Å²) < 4.78 is 5.46. The van der Waals surface area contributed by atoms with Gasteiger partial charge in [0.1, 0.15) is 0 Å². The molecule has 0 aromatic rings. The minimum absolute atomic E-state index is 0.164. The first kappa shape index (κ1) is 11.9. The quantitative estimate of drug-likeness (QED) is 0.650. The zero-order valence-corrected chi connectivity index (χ0v) is 9.84. The normalized spacial score (nSPS) is 25.4. The Morgan fingerprint density at radius 1 is 1.38 bits per heavy atom. The van der Waals surface area contributed by atoms with Crippen molar-refractivity contribution in [2.45, 2.75) is 25.7 Å². The van der Waals surface area contributed by atoms with Crippen LogP contribution in [0, 0.1) is 11.8 Å². The molecule has 0 spiro atoms. The second-order valence-electron chi connectivity index (χ2n) is 4.85. The van der Waals surface area contributed by atoms with Gasteiger partial charge in [0.05, 0.1) is 12.5 Å². The van der Waals surface area contributed by atoms with Crippen LogP contribution in [0.4, 0.5) is 0 Å². The second-order valence-corrected chi connectivity index (χ2v) is 4.85. The Kier molecular flexibility index (Phi) is 4.60. The molecule has 0 bridgehead atoms. The monoisotopic (exact) mass is 226 g/mol. The lowest BCUT2D eigenvalue weighted by Gasteiger charge is -2.21. The molecule has 1 heterocycles. The third kappa shape index (κ3) is 4.10. The maximum Gasteiger partial charge on any atom is 0.224 e. The van der Waals surface area contributed by atoms with Crippen LogP contribution < -0.4 is 10.6 Å². The lowest BCUT2D eigenvalue weighted by molar-refractivity contribution is -0.125. The molecule has 0 radical (unpaired) electrons. The van der Waals surface area contributed by atoms with Crippen molar-refractivity contribution in [1.29, 1.82) is 0 Å². The Morgan fingerprint density at radius 2 is 2.25 bits per heavy atom. The molecule has 2 rings (SSSR count). The molecule has 2 aliphatic rings. The van der Waals surface area contributed by atoms with Gasteiger partial charge < -0.3 is 15.4 Å². The number of nitrogens with one attached hydrogen (secondary N) is 2. The number of carbonyl (C=O) groups is 1. The van der Waals surface area contributed by atoms with Crippen molar-refractivity contribution < 1.29 is 9.53 Å². The van der Waals surface area contributed by atoms with E-state index in [9.17, 15) is 4.79 Å². The highest BCUT2D eigenvalue weighted by Gasteiger charge is 2.22. The van der Waals surface area contributed by atoms with E-state index in [4.69, 9.17) is 4.74 Å². The fourth-order valence-electron chi connectivity index (χ4n) is 2.00. The predicted molar refractivity (Wildman–Crippen MR) is 62.1 cm³/mol. The molecule has 0 aromatic carbocycles.